The average Bonchev–Trinajstić information content (AvgIpc) is 2.36. The third kappa shape index (κ3) is 2.72. The minimum atomic E-state index is 0.646. The van der Waals surface area contributed by atoms with Gasteiger partial charge < -0.3 is 5.32 Å². The van der Waals surface area contributed by atoms with Crippen LogP contribution in [0, 0.1) is 25.2 Å². The van der Waals surface area contributed by atoms with Crippen LogP contribution in [0.15, 0.2) is 40.9 Å². The quantitative estimate of drug-likeness (QED) is 0.874. The minimum absolute atomic E-state index is 0.646. The van der Waals surface area contributed by atoms with Gasteiger partial charge >= 0.3 is 0 Å². The van der Waals surface area contributed by atoms with Crippen molar-refractivity contribution < 1.29 is 0 Å². The first-order valence-electron chi connectivity index (χ1n) is 5.64. The second-order valence-corrected chi connectivity index (χ2v) is 5.08. The van der Waals surface area contributed by atoms with Crippen molar-refractivity contribution in [3.8, 4) is 6.07 Å². The molecule has 0 unspecified atom stereocenters. The van der Waals surface area contributed by atoms with Gasteiger partial charge in [0, 0.05) is 10.2 Å². The molecule has 0 aromatic heterocycles. The topological polar surface area (TPSA) is 35.8 Å². The van der Waals surface area contributed by atoms with Crippen LogP contribution >= 0.6 is 15.9 Å². The fraction of sp³-hybridized carbons (Fsp3) is 0.133. The molecule has 2 nitrogen and oxygen atoms in total. The van der Waals surface area contributed by atoms with Gasteiger partial charge in [0.2, 0.25) is 0 Å². The highest BCUT2D eigenvalue weighted by molar-refractivity contribution is 9.10. The third-order valence-corrected chi connectivity index (χ3v) is 3.54. The summed E-state index contributed by atoms with van der Waals surface area (Å²) in [6.07, 6.45) is 0. The molecule has 3 heteroatoms. The number of halogens is 1. The van der Waals surface area contributed by atoms with E-state index in [-0.39, 0.29) is 0 Å². The van der Waals surface area contributed by atoms with Crippen molar-refractivity contribution in [1.29, 1.82) is 5.26 Å². The van der Waals surface area contributed by atoms with Crippen molar-refractivity contribution in [1.82, 2.24) is 0 Å². The Morgan fingerprint density at radius 3 is 2.44 bits per heavy atom. The highest BCUT2D eigenvalue weighted by atomic mass is 79.9. The van der Waals surface area contributed by atoms with Crippen LogP contribution in [0.2, 0.25) is 0 Å². The van der Waals surface area contributed by atoms with E-state index in [4.69, 9.17) is 5.26 Å². The predicted octanol–water partition coefficient (Wildman–Crippen LogP) is 4.68. The van der Waals surface area contributed by atoms with Crippen LogP contribution in [-0.4, -0.2) is 0 Å². The first-order valence-corrected chi connectivity index (χ1v) is 6.43. The van der Waals surface area contributed by atoms with Crippen LogP contribution in [0.25, 0.3) is 0 Å². The van der Waals surface area contributed by atoms with Gasteiger partial charge in [-0.25, -0.2) is 0 Å². The molecule has 2 aromatic rings. The van der Waals surface area contributed by atoms with Crippen molar-refractivity contribution in [3.05, 3.63) is 57.6 Å². The standard InChI is InChI=1S/C15H13BrN2/c1-10-3-5-13(7-11(10)2)18-15-6-4-12(9-17)8-14(15)16/h3-8,18H,1-2H3. The summed E-state index contributed by atoms with van der Waals surface area (Å²) >= 11 is 3.46. The SMILES string of the molecule is Cc1ccc(Nc2ccc(C#N)cc2Br)cc1C. The van der Waals surface area contributed by atoms with Gasteiger partial charge in [-0.05, 0) is 71.2 Å². The lowest BCUT2D eigenvalue weighted by molar-refractivity contribution is 1.33. The van der Waals surface area contributed by atoms with Crippen molar-refractivity contribution in [2.75, 3.05) is 5.32 Å². The summed E-state index contributed by atoms with van der Waals surface area (Å²) < 4.78 is 0.889. The van der Waals surface area contributed by atoms with Gasteiger partial charge in [-0.1, -0.05) is 6.07 Å². The zero-order chi connectivity index (χ0) is 13.1. The first-order chi connectivity index (χ1) is 8.60. The second kappa shape index (κ2) is 5.24. The Balaban J connectivity index is 2.29. The van der Waals surface area contributed by atoms with Gasteiger partial charge in [-0.2, -0.15) is 5.26 Å². The van der Waals surface area contributed by atoms with E-state index in [0.717, 1.165) is 15.8 Å². The summed E-state index contributed by atoms with van der Waals surface area (Å²) in [4.78, 5) is 0. The van der Waals surface area contributed by atoms with Crippen molar-refractivity contribution >= 4 is 27.3 Å². The van der Waals surface area contributed by atoms with Gasteiger partial charge in [0.1, 0.15) is 0 Å². The first kappa shape index (κ1) is 12.7. The largest absolute Gasteiger partial charge is 0.355 e. The third-order valence-electron chi connectivity index (χ3n) is 2.88. The summed E-state index contributed by atoms with van der Waals surface area (Å²) in [5, 5.41) is 12.2. The molecule has 18 heavy (non-hydrogen) atoms. The van der Waals surface area contributed by atoms with Crippen LogP contribution in [-0.2, 0) is 0 Å². The number of nitrogens with one attached hydrogen (secondary N) is 1. The van der Waals surface area contributed by atoms with Crippen LogP contribution in [0.5, 0.6) is 0 Å². The Labute approximate surface area is 115 Å². The Hall–Kier alpha value is -1.79. The molecular weight excluding hydrogens is 288 g/mol. The molecule has 2 aromatic carbocycles. The molecule has 0 saturated heterocycles. The fourth-order valence-corrected chi connectivity index (χ4v) is 2.14. The van der Waals surface area contributed by atoms with Crippen molar-refractivity contribution in [2.45, 2.75) is 13.8 Å². The van der Waals surface area contributed by atoms with Crippen molar-refractivity contribution in [3.63, 3.8) is 0 Å². The number of hydrogen-bond donors (Lipinski definition) is 1. The van der Waals surface area contributed by atoms with E-state index in [1.807, 2.05) is 18.2 Å². The molecule has 0 amide bonds. The molecule has 2 rings (SSSR count). The fourth-order valence-electron chi connectivity index (χ4n) is 1.66. The molecule has 1 N–H and O–H groups in total. The maximum atomic E-state index is 8.82. The molecule has 0 aliphatic heterocycles. The molecule has 90 valence electrons. The molecule has 0 atom stereocenters. The number of hydrogen-bond acceptors (Lipinski definition) is 2. The number of rotatable bonds is 2. The van der Waals surface area contributed by atoms with Gasteiger partial charge in [0.15, 0.2) is 0 Å². The molecular formula is C15H13BrN2. The number of nitrogens with zero attached hydrogens (tertiary/aromatic N) is 1. The Kier molecular flexibility index (Phi) is 3.69. The van der Waals surface area contributed by atoms with E-state index in [1.54, 1.807) is 6.07 Å². The van der Waals surface area contributed by atoms with Crippen LogP contribution in [0.1, 0.15) is 16.7 Å². The van der Waals surface area contributed by atoms with E-state index >= 15 is 0 Å². The number of nitriles is 1. The van der Waals surface area contributed by atoms with E-state index < -0.39 is 0 Å². The summed E-state index contributed by atoms with van der Waals surface area (Å²) in [6.45, 7) is 4.19. The molecule has 0 heterocycles. The molecule has 0 radical (unpaired) electrons. The van der Waals surface area contributed by atoms with E-state index in [9.17, 15) is 0 Å². The zero-order valence-corrected chi connectivity index (χ0v) is 11.9. The Morgan fingerprint density at radius 1 is 1.06 bits per heavy atom. The molecule has 0 spiro atoms. The minimum Gasteiger partial charge on any atom is -0.355 e. The van der Waals surface area contributed by atoms with Crippen LogP contribution < -0.4 is 5.32 Å². The lowest BCUT2D eigenvalue weighted by atomic mass is 10.1. The maximum absolute atomic E-state index is 8.82. The van der Waals surface area contributed by atoms with Gasteiger partial charge in [0.25, 0.3) is 0 Å². The normalized spacial score (nSPS) is 9.89. The highest BCUT2D eigenvalue weighted by Gasteiger charge is 2.02. The summed E-state index contributed by atoms with van der Waals surface area (Å²) in [6, 6.07) is 13.9. The van der Waals surface area contributed by atoms with E-state index in [2.05, 4.69) is 53.3 Å². The Morgan fingerprint density at radius 2 is 1.83 bits per heavy atom. The summed E-state index contributed by atoms with van der Waals surface area (Å²) in [5.74, 6) is 0. The number of anilines is 2. The van der Waals surface area contributed by atoms with E-state index in [1.165, 1.54) is 11.1 Å². The number of benzene rings is 2. The van der Waals surface area contributed by atoms with E-state index in [0.29, 0.717) is 5.56 Å². The molecule has 0 aliphatic rings. The Bertz CT molecular complexity index is 627. The molecule has 0 bridgehead atoms. The van der Waals surface area contributed by atoms with Gasteiger partial charge in [0.05, 0.1) is 17.3 Å². The summed E-state index contributed by atoms with van der Waals surface area (Å²) in [7, 11) is 0. The molecule has 0 fully saturated rings. The van der Waals surface area contributed by atoms with Crippen LogP contribution in [0.3, 0.4) is 0 Å². The smallest absolute Gasteiger partial charge is 0.0992 e. The predicted molar refractivity (Wildman–Crippen MR) is 78.1 cm³/mol. The van der Waals surface area contributed by atoms with Gasteiger partial charge in [-0.15, -0.1) is 0 Å². The highest BCUT2D eigenvalue weighted by Crippen LogP contribution is 2.27. The zero-order valence-electron chi connectivity index (χ0n) is 10.3. The monoisotopic (exact) mass is 300 g/mol. The second-order valence-electron chi connectivity index (χ2n) is 4.23. The summed E-state index contributed by atoms with van der Waals surface area (Å²) in [5.41, 5.74) is 5.18. The average molecular weight is 301 g/mol. The van der Waals surface area contributed by atoms with Crippen molar-refractivity contribution in [2.24, 2.45) is 0 Å². The maximum Gasteiger partial charge on any atom is 0.0992 e. The molecule has 0 saturated carbocycles. The van der Waals surface area contributed by atoms with Crippen LogP contribution in [0.4, 0.5) is 11.4 Å². The number of aryl methyl sites for hydroxylation is 2. The molecule has 0 aliphatic carbocycles. The lowest BCUT2D eigenvalue weighted by Gasteiger charge is -2.10. The van der Waals surface area contributed by atoms with Gasteiger partial charge in [-0.3, -0.25) is 0 Å². The lowest BCUT2D eigenvalue weighted by Crippen LogP contribution is -1.93.